The van der Waals surface area contributed by atoms with Crippen molar-refractivity contribution in [3.05, 3.63) is 35.7 Å². The van der Waals surface area contributed by atoms with Crippen molar-refractivity contribution in [1.29, 1.82) is 0 Å². The first-order valence-corrected chi connectivity index (χ1v) is 10.1. The van der Waals surface area contributed by atoms with Gasteiger partial charge < -0.3 is 14.8 Å². The first-order valence-electron chi connectivity index (χ1n) is 9.12. The highest BCUT2D eigenvalue weighted by Gasteiger charge is 2.21. The molecule has 0 spiro atoms. The summed E-state index contributed by atoms with van der Waals surface area (Å²) in [5, 5.41) is 12.6. The van der Waals surface area contributed by atoms with Gasteiger partial charge in [-0.15, -0.1) is 10.2 Å². The Bertz CT molecular complexity index is 743. The van der Waals surface area contributed by atoms with Gasteiger partial charge in [0.1, 0.15) is 0 Å². The van der Waals surface area contributed by atoms with E-state index in [1.54, 1.807) is 0 Å². The Kier molecular flexibility index (Phi) is 6.19. The van der Waals surface area contributed by atoms with Gasteiger partial charge in [0.15, 0.2) is 11.0 Å². The van der Waals surface area contributed by atoms with Crippen molar-refractivity contribution in [3.63, 3.8) is 0 Å². The van der Waals surface area contributed by atoms with Crippen molar-refractivity contribution in [2.75, 3.05) is 24.2 Å². The third-order valence-electron chi connectivity index (χ3n) is 4.76. The normalized spacial score (nSPS) is 17.3. The summed E-state index contributed by atoms with van der Waals surface area (Å²) in [4.78, 5) is 14.4. The topological polar surface area (TPSA) is 63.1 Å². The van der Waals surface area contributed by atoms with Crippen LogP contribution in [0.25, 0.3) is 0 Å². The summed E-state index contributed by atoms with van der Waals surface area (Å²) in [5.74, 6) is 2.08. The van der Waals surface area contributed by atoms with Gasteiger partial charge in [0.25, 0.3) is 0 Å². The van der Waals surface area contributed by atoms with E-state index in [0.717, 1.165) is 36.2 Å². The number of benzene rings is 1. The van der Waals surface area contributed by atoms with Gasteiger partial charge in [-0.3, -0.25) is 4.79 Å². The zero-order valence-corrected chi connectivity index (χ0v) is 16.6. The Balaban J connectivity index is 1.51. The number of nitrogens with zero attached hydrogens (tertiary/aromatic N) is 4. The maximum absolute atomic E-state index is 12.4. The number of rotatable bonds is 6. The van der Waals surface area contributed by atoms with Crippen molar-refractivity contribution < 1.29 is 4.79 Å². The van der Waals surface area contributed by atoms with Gasteiger partial charge in [0, 0.05) is 25.8 Å². The largest absolute Gasteiger partial charge is 0.378 e. The van der Waals surface area contributed by atoms with Gasteiger partial charge in [-0.1, -0.05) is 36.4 Å². The molecule has 6 nitrogen and oxygen atoms in total. The first-order chi connectivity index (χ1) is 12.5. The van der Waals surface area contributed by atoms with E-state index in [2.05, 4.69) is 53.6 Å². The van der Waals surface area contributed by atoms with Crippen LogP contribution >= 0.6 is 11.8 Å². The lowest BCUT2D eigenvalue weighted by molar-refractivity contribution is -0.130. The average Bonchev–Trinajstić information content (AvgIpc) is 2.99. The standard InChI is InChI=1S/C19H27N5OS/c1-14-6-8-16(9-7-14)20-11-17-21-22-19(23(17)3)26-13-18(25)24-10-4-5-15(2)12-24/h6-9,15,20H,4-5,10-13H2,1-3H3. The summed E-state index contributed by atoms with van der Waals surface area (Å²) in [6, 6.07) is 8.26. The van der Waals surface area contributed by atoms with Gasteiger partial charge in [-0.05, 0) is 37.8 Å². The van der Waals surface area contributed by atoms with Crippen molar-refractivity contribution in [3.8, 4) is 0 Å². The van der Waals surface area contributed by atoms with Crippen LogP contribution in [0, 0.1) is 12.8 Å². The number of thioether (sulfide) groups is 1. The number of hydrogen-bond acceptors (Lipinski definition) is 5. The van der Waals surface area contributed by atoms with Crippen molar-refractivity contribution in [1.82, 2.24) is 19.7 Å². The molecule has 0 saturated carbocycles. The number of hydrogen-bond donors (Lipinski definition) is 1. The molecule has 0 radical (unpaired) electrons. The SMILES string of the molecule is Cc1ccc(NCc2nnc(SCC(=O)N3CCCC(C)C3)n2C)cc1. The summed E-state index contributed by atoms with van der Waals surface area (Å²) in [7, 11) is 1.95. The van der Waals surface area contributed by atoms with Crippen molar-refractivity contribution in [2.45, 2.75) is 38.4 Å². The highest BCUT2D eigenvalue weighted by atomic mass is 32.2. The number of carbonyl (C=O) groups excluding carboxylic acids is 1. The van der Waals surface area contributed by atoms with Crippen molar-refractivity contribution in [2.24, 2.45) is 13.0 Å². The summed E-state index contributed by atoms with van der Waals surface area (Å²) in [5.41, 5.74) is 2.29. The van der Waals surface area contributed by atoms with Crippen LogP contribution in [0.15, 0.2) is 29.4 Å². The third kappa shape index (κ3) is 4.78. The quantitative estimate of drug-likeness (QED) is 0.789. The Hall–Kier alpha value is -2.02. The number of aryl methyl sites for hydroxylation is 1. The lowest BCUT2D eigenvalue weighted by Crippen LogP contribution is -2.40. The molecule has 26 heavy (non-hydrogen) atoms. The summed E-state index contributed by atoms with van der Waals surface area (Å²) < 4.78 is 1.96. The molecule has 0 aliphatic carbocycles. The van der Waals surface area contributed by atoms with Crippen LogP contribution in [0.2, 0.25) is 0 Å². The fraction of sp³-hybridized carbons (Fsp3) is 0.526. The predicted octanol–water partition coefficient (Wildman–Crippen LogP) is 3.09. The molecule has 1 saturated heterocycles. The van der Waals surface area contributed by atoms with E-state index in [1.807, 2.05) is 16.5 Å². The molecule has 1 aromatic carbocycles. The van der Waals surface area contributed by atoms with Gasteiger partial charge in [-0.2, -0.15) is 0 Å². The second kappa shape index (κ2) is 8.58. The number of aromatic nitrogens is 3. The van der Waals surface area contributed by atoms with Crippen LogP contribution in [0.5, 0.6) is 0 Å². The van der Waals surface area contributed by atoms with Crippen LogP contribution in [-0.4, -0.2) is 44.4 Å². The molecule has 1 unspecified atom stereocenters. The molecule has 2 heterocycles. The number of piperidine rings is 1. The Morgan fingerprint density at radius 2 is 2.08 bits per heavy atom. The molecule has 3 rings (SSSR count). The van der Waals surface area contributed by atoms with E-state index in [9.17, 15) is 4.79 Å². The van der Waals surface area contributed by atoms with E-state index >= 15 is 0 Å². The Morgan fingerprint density at radius 3 is 2.81 bits per heavy atom. The van der Waals surface area contributed by atoms with Gasteiger partial charge in [0.05, 0.1) is 12.3 Å². The lowest BCUT2D eigenvalue weighted by Gasteiger charge is -2.30. The molecule has 140 valence electrons. The molecule has 1 amide bonds. The van der Waals surface area contributed by atoms with Crippen molar-refractivity contribution >= 4 is 23.4 Å². The molecule has 0 bridgehead atoms. The zero-order valence-electron chi connectivity index (χ0n) is 15.7. The molecule has 1 aliphatic heterocycles. The minimum absolute atomic E-state index is 0.198. The smallest absolute Gasteiger partial charge is 0.233 e. The van der Waals surface area contributed by atoms with E-state index in [4.69, 9.17) is 0 Å². The predicted molar refractivity (Wildman–Crippen MR) is 105 cm³/mol. The summed E-state index contributed by atoms with van der Waals surface area (Å²) in [6.07, 6.45) is 2.33. The fourth-order valence-electron chi connectivity index (χ4n) is 3.11. The molecular formula is C19H27N5OS. The zero-order chi connectivity index (χ0) is 18.5. The van der Waals surface area contributed by atoms with Crippen LogP contribution in [0.4, 0.5) is 5.69 Å². The van der Waals surface area contributed by atoms with Crippen LogP contribution < -0.4 is 5.32 Å². The van der Waals surface area contributed by atoms with Crippen LogP contribution in [0.3, 0.4) is 0 Å². The fourth-order valence-corrected chi connectivity index (χ4v) is 3.94. The number of anilines is 1. The molecule has 7 heteroatoms. The van der Waals surface area contributed by atoms with Gasteiger partial charge in [0.2, 0.25) is 5.91 Å². The van der Waals surface area contributed by atoms with Crippen LogP contribution in [0.1, 0.15) is 31.2 Å². The van der Waals surface area contributed by atoms with Gasteiger partial charge in [-0.25, -0.2) is 0 Å². The highest BCUT2D eigenvalue weighted by Crippen LogP contribution is 2.20. The molecule has 1 aromatic heterocycles. The Morgan fingerprint density at radius 1 is 1.31 bits per heavy atom. The molecule has 1 fully saturated rings. The average molecular weight is 374 g/mol. The number of likely N-dealkylation sites (tertiary alicyclic amines) is 1. The maximum atomic E-state index is 12.4. The maximum Gasteiger partial charge on any atom is 0.233 e. The third-order valence-corrected chi connectivity index (χ3v) is 5.77. The van der Waals surface area contributed by atoms with E-state index in [0.29, 0.717) is 18.2 Å². The molecule has 2 aromatic rings. The van der Waals surface area contributed by atoms with E-state index < -0.39 is 0 Å². The highest BCUT2D eigenvalue weighted by molar-refractivity contribution is 7.99. The molecular weight excluding hydrogens is 346 g/mol. The number of carbonyl (C=O) groups is 1. The monoisotopic (exact) mass is 373 g/mol. The minimum atomic E-state index is 0.198. The second-order valence-electron chi connectivity index (χ2n) is 7.05. The molecule has 1 aliphatic rings. The number of amides is 1. The van der Waals surface area contributed by atoms with E-state index in [1.165, 1.54) is 23.7 Å². The van der Waals surface area contributed by atoms with Gasteiger partial charge >= 0.3 is 0 Å². The van der Waals surface area contributed by atoms with E-state index in [-0.39, 0.29) is 5.91 Å². The lowest BCUT2D eigenvalue weighted by atomic mass is 10.0. The first kappa shape index (κ1) is 18.8. The second-order valence-corrected chi connectivity index (χ2v) is 8.00. The Labute approximate surface area is 159 Å². The molecule has 1 N–H and O–H groups in total. The number of nitrogens with one attached hydrogen (secondary N) is 1. The summed E-state index contributed by atoms with van der Waals surface area (Å²) in [6.45, 7) is 6.65. The molecule has 1 atom stereocenters. The van der Waals surface area contributed by atoms with Crippen LogP contribution in [-0.2, 0) is 18.4 Å². The summed E-state index contributed by atoms with van der Waals surface area (Å²) >= 11 is 1.46. The minimum Gasteiger partial charge on any atom is -0.378 e.